The molecule has 34 heavy (non-hydrogen) atoms. The van der Waals surface area contributed by atoms with Crippen molar-refractivity contribution in [2.24, 2.45) is 0 Å². The average molecular weight is 518 g/mol. The van der Waals surface area contributed by atoms with Gasteiger partial charge in [0, 0.05) is 51.1 Å². The summed E-state index contributed by atoms with van der Waals surface area (Å²) >= 11 is 6.39. The zero-order valence-electron chi connectivity index (χ0n) is 19.7. The molecule has 3 aliphatic rings. The van der Waals surface area contributed by atoms with Crippen LogP contribution in [0, 0.1) is 0 Å². The second kappa shape index (κ2) is 9.99. The molecule has 2 saturated carbocycles. The zero-order chi connectivity index (χ0) is 24.6. The molecular formula is C24H34ClF2N3O3S. The van der Waals surface area contributed by atoms with Gasteiger partial charge in [-0.05, 0) is 55.7 Å². The number of piperazine rings is 1. The van der Waals surface area contributed by atoms with Gasteiger partial charge in [-0.25, -0.2) is 17.2 Å². The van der Waals surface area contributed by atoms with E-state index in [0.717, 1.165) is 18.4 Å². The molecule has 1 aliphatic heterocycles. The van der Waals surface area contributed by atoms with Crippen molar-refractivity contribution in [1.82, 2.24) is 14.5 Å². The number of nitrogens with one attached hydrogen (secondary N) is 1. The summed E-state index contributed by atoms with van der Waals surface area (Å²) in [6.45, 7) is 3.65. The van der Waals surface area contributed by atoms with E-state index in [9.17, 15) is 22.0 Å². The number of alkyl halides is 2. The van der Waals surface area contributed by atoms with Gasteiger partial charge in [0.25, 0.3) is 5.91 Å². The van der Waals surface area contributed by atoms with Crippen LogP contribution in [0.1, 0.15) is 73.7 Å². The Morgan fingerprint density at radius 3 is 2.32 bits per heavy atom. The number of carbonyl (C=O) groups excluding carboxylic acids is 1. The molecule has 10 heteroatoms. The minimum atomic E-state index is -3.30. The lowest BCUT2D eigenvalue weighted by Crippen LogP contribution is -2.63. The van der Waals surface area contributed by atoms with E-state index in [1.807, 2.05) is 19.1 Å². The van der Waals surface area contributed by atoms with Crippen LogP contribution in [0.4, 0.5) is 8.78 Å². The number of sulfonamides is 1. The summed E-state index contributed by atoms with van der Waals surface area (Å²) in [7, 11) is -3.30. The molecule has 6 nitrogen and oxygen atoms in total. The molecule has 0 unspecified atom stereocenters. The van der Waals surface area contributed by atoms with Gasteiger partial charge in [0.05, 0.1) is 16.3 Å². The number of benzene rings is 1. The lowest BCUT2D eigenvalue weighted by atomic mass is 9.78. The Morgan fingerprint density at radius 2 is 1.76 bits per heavy atom. The minimum Gasteiger partial charge on any atom is -0.350 e. The van der Waals surface area contributed by atoms with Crippen LogP contribution in [0.25, 0.3) is 0 Å². The second-order valence-corrected chi connectivity index (χ2v) is 12.5. The fourth-order valence-electron chi connectivity index (χ4n) is 5.24. The van der Waals surface area contributed by atoms with Crippen molar-refractivity contribution in [3.8, 4) is 0 Å². The molecule has 0 radical (unpaired) electrons. The van der Waals surface area contributed by atoms with Gasteiger partial charge in [-0.15, -0.1) is 0 Å². The quantitative estimate of drug-likeness (QED) is 0.559. The standard InChI is InChI=1S/C24H34ClF2N3O3S/c1-2-15-34(32,33)30-13-11-29(12-14-30)23(7-9-24(26,27)10-8-23)17-28-22(31)20-6-5-19(16-21(20)25)18-3-4-18/h5-6,16,18H,2-4,7-15,17H2,1H3,(H,28,31). The fourth-order valence-corrected chi connectivity index (χ4v) is 7.01. The van der Waals surface area contributed by atoms with E-state index in [2.05, 4.69) is 10.2 Å². The molecule has 3 fully saturated rings. The third kappa shape index (κ3) is 5.74. The Hall–Kier alpha value is -1.29. The second-order valence-electron chi connectivity index (χ2n) is 9.98. The number of rotatable bonds is 8. The third-order valence-corrected chi connectivity index (χ3v) is 9.93. The first-order valence-electron chi connectivity index (χ1n) is 12.2. The number of halogens is 3. The average Bonchev–Trinajstić information content (AvgIpc) is 3.64. The summed E-state index contributed by atoms with van der Waals surface area (Å²) < 4.78 is 54.5. The fraction of sp³-hybridized carbons (Fsp3) is 0.708. The highest BCUT2D eigenvalue weighted by Crippen LogP contribution is 2.43. The van der Waals surface area contributed by atoms with Gasteiger partial charge in [-0.2, -0.15) is 4.31 Å². The summed E-state index contributed by atoms with van der Waals surface area (Å²) in [4.78, 5) is 15.1. The third-order valence-electron chi connectivity index (χ3n) is 7.54. The predicted octanol–water partition coefficient (Wildman–Crippen LogP) is 4.25. The number of hydrogen-bond acceptors (Lipinski definition) is 4. The van der Waals surface area contributed by atoms with Crippen molar-refractivity contribution in [2.45, 2.75) is 69.2 Å². The molecule has 0 aromatic heterocycles. The topological polar surface area (TPSA) is 69.7 Å². The van der Waals surface area contributed by atoms with Crippen molar-refractivity contribution < 1.29 is 22.0 Å². The highest BCUT2D eigenvalue weighted by molar-refractivity contribution is 7.89. The Kier molecular flexibility index (Phi) is 7.58. The van der Waals surface area contributed by atoms with Crippen LogP contribution in [0.3, 0.4) is 0 Å². The van der Waals surface area contributed by atoms with Gasteiger partial charge in [0.1, 0.15) is 0 Å². The first-order valence-corrected chi connectivity index (χ1v) is 14.2. The van der Waals surface area contributed by atoms with Crippen LogP contribution in [0.15, 0.2) is 18.2 Å². The lowest BCUT2D eigenvalue weighted by Gasteiger charge is -2.50. The largest absolute Gasteiger partial charge is 0.350 e. The first kappa shape index (κ1) is 25.8. The van der Waals surface area contributed by atoms with Gasteiger partial charge >= 0.3 is 0 Å². The Labute approximate surface area is 206 Å². The maximum absolute atomic E-state index is 14.0. The smallest absolute Gasteiger partial charge is 0.252 e. The van der Waals surface area contributed by atoms with Crippen LogP contribution in [-0.4, -0.2) is 73.5 Å². The van der Waals surface area contributed by atoms with E-state index in [4.69, 9.17) is 11.6 Å². The summed E-state index contributed by atoms with van der Waals surface area (Å²) in [5.74, 6) is -2.38. The molecule has 4 rings (SSSR count). The zero-order valence-corrected chi connectivity index (χ0v) is 21.2. The predicted molar refractivity (Wildman–Crippen MR) is 129 cm³/mol. The first-order chi connectivity index (χ1) is 16.1. The molecule has 2 aliphatic carbocycles. The molecule has 1 aromatic carbocycles. The number of nitrogens with zero attached hydrogens (tertiary/aromatic N) is 2. The van der Waals surface area contributed by atoms with Crippen LogP contribution < -0.4 is 5.32 Å². The van der Waals surface area contributed by atoms with Gasteiger partial charge in [0.15, 0.2) is 0 Å². The maximum atomic E-state index is 14.0. The number of amides is 1. The number of carbonyl (C=O) groups is 1. The molecule has 0 bridgehead atoms. The van der Waals surface area contributed by atoms with Gasteiger partial charge in [-0.3, -0.25) is 9.69 Å². The summed E-state index contributed by atoms with van der Waals surface area (Å²) in [5.41, 5.74) is 0.902. The van der Waals surface area contributed by atoms with Crippen molar-refractivity contribution >= 4 is 27.5 Å². The Bertz CT molecular complexity index is 999. The molecule has 0 atom stereocenters. The van der Waals surface area contributed by atoms with E-state index in [1.165, 1.54) is 4.31 Å². The van der Waals surface area contributed by atoms with Gasteiger partial charge in [-0.1, -0.05) is 24.6 Å². The van der Waals surface area contributed by atoms with Gasteiger partial charge in [0.2, 0.25) is 15.9 Å². The Balaban J connectivity index is 1.44. The SMILES string of the molecule is CCCS(=O)(=O)N1CCN(C2(CNC(=O)c3ccc(C4CC4)cc3Cl)CCC(F)(F)CC2)CC1. The molecule has 190 valence electrons. The van der Waals surface area contributed by atoms with E-state index in [0.29, 0.717) is 49.1 Å². The highest BCUT2D eigenvalue weighted by atomic mass is 35.5. The molecule has 1 N–H and O–H groups in total. The van der Waals surface area contributed by atoms with Crippen LogP contribution in [0.2, 0.25) is 5.02 Å². The van der Waals surface area contributed by atoms with E-state index in [-0.39, 0.29) is 43.9 Å². The maximum Gasteiger partial charge on any atom is 0.252 e. The van der Waals surface area contributed by atoms with Crippen LogP contribution >= 0.6 is 11.6 Å². The van der Waals surface area contributed by atoms with E-state index < -0.39 is 21.5 Å². The Morgan fingerprint density at radius 1 is 1.12 bits per heavy atom. The van der Waals surface area contributed by atoms with E-state index in [1.54, 1.807) is 6.07 Å². The molecule has 1 aromatic rings. The lowest BCUT2D eigenvalue weighted by molar-refractivity contribution is -0.0856. The van der Waals surface area contributed by atoms with Crippen LogP contribution in [-0.2, 0) is 10.0 Å². The molecule has 0 spiro atoms. The molecule has 1 amide bonds. The highest BCUT2D eigenvalue weighted by Gasteiger charge is 2.47. The van der Waals surface area contributed by atoms with Crippen molar-refractivity contribution in [3.63, 3.8) is 0 Å². The minimum absolute atomic E-state index is 0.112. The van der Waals surface area contributed by atoms with Crippen molar-refractivity contribution in [1.29, 1.82) is 0 Å². The molecular weight excluding hydrogens is 484 g/mol. The van der Waals surface area contributed by atoms with Crippen molar-refractivity contribution in [2.75, 3.05) is 38.5 Å². The summed E-state index contributed by atoms with van der Waals surface area (Å²) in [6.07, 6.45) is 2.84. The molecule has 1 heterocycles. The number of hydrogen-bond donors (Lipinski definition) is 1. The summed E-state index contributed by atoms with van der Waals surface area (Å²) in [6, 6.07) is 5.52. The van der Waals surface area contributed by atoms with E-state index >= 15 is 0 Å². The summed E-state index contributed by atoms with van der Waals surface area (Å²) in [5, 5.41) is 3.36. The van der Waals surface area contributed by atoms with Crippen LogP contribution in [0.5, 0.6) is 0 Å². The normalized spacial score (nSPS) is 23.5. The molecule has 1 saturated heterocycles. The van der Waals surface area contributed by atoms with Crippen molar-refractivity contribution in [3.05, 3.63) is 34.3 Å². The monoisotopic (exact) mass is 517 g/mol. The van der Waals surface area contributed by atoms with Gasteiger partial charge < -0.3 is 5.32 Å².